The fourth-order valence-electron chi connectivity index (χ4n) is 1.07. The average Bonchev–Trinajstić information content (AvgIpc) is 2.72. The molecule has 0 bridgehead atoms. The van der Waals surface area contributed by atoms with Crippen LogP contribution in [0.15, 0.2) is 25.7 Å². The summed E-state index contributed by atoms with van der Waals surface area (Å²) in [5, 5.41) is 3.70. The standard InChI is InChI=1S/C9H7BrN2O3/c1-5(13)4-8-11-9(12-15-8)6-2-3-7(10)14-6/h2-3H,4H2,1H3. The molecular formula is C9H7BrN2O3. The van der Waals surface area contributed by atoms with Crippen molar-refractivity contribution in [3.63, 3.8) is 0 Å². The number of halogens is 1. The lowest BCUT2D eigenvalue weighted by Gasteiger charge is -1.85. The molecule has 0 amide bonds. The van der Waals surface area contributed by atoms with E-state index in [9.17, 15) is 4.79 Å². The van der Waals surface area contributed by atoms with Crippen molar-refractivity contribution in [2.45, 2.75) is 13.3 Å². The minimum atomic E-state index is -0.0224. The highest BCUT2D eigenvalue weighted by atomic mass is 79.9. The van der Waals surface area contributed by atoms with Crippen molar-refractivity contribution in [2.75, 3.05) is 0 Å². The second-order valence-electron chi connectivity index (χ2n) is 2.99. The molecular weight excluding hydrogens is 264 g/mol. The van der Waals surface area contributed by atoms with Crippen LogP contribution in [-0.2, 0) is 11.2 Å². The number of carbonyl (C=O) groups is 1. The summed E-state index contributed by atoms with van der Waals surface area (Å²) in [6.07, 6.45) is 0.148. The van der Waals surface area contributed by atoms with Crippen molar-refractivity contribution in [1.29, 1.82) is 0 Å². The summed E-state index contributed by atoms with van der Waals surface area (Å²) in [6.45, 7) is 1.47. The van der Waals surface area contributed by atoms with Gasteiger partial charge >= 0.3 is 0 Å². The average molecular weight is 271 g/mol. The zero-order chi connectivity index (χ0) is 10.8. The third-order valence-corrected chi connectivity index (χ3v) is 2.09. The molecule has 0 radical (unpaired) electrons. The lowest BCUT2D eigenvalue weighted by Crippen LogP contribution is -1.95. The molecule has 0 N–H and O–H groups in total. The molecule has 0 saturated carbocycles. The fourth-order valence-corrected chi connectivity index (χ4v) is 1.38. The first-order valence-corrected chi connectivity index (χ1v) is 5.02. The molecule has 0 unspecified atom stereocenters. The maximum atomic E-state index is 10.8. The monoisotopic (exact) mass is 270 g/mol. The highest BCUT2D eigenvalue weighted by molar-refractivity contribution is 9.10. The van der Waals surface area contributed by atoms with Crippen LogP contribution in [0, 0.1) is 0 Å². The molecule has 0 aromatic carbocycles. The van der Waals surface area contributed by atoms with E-state index in [2.05, 4.69) is 26.1 Å². The van der Waals surface area contributed by atoms with E-state index in [-0.39, 0.29) is 12.2 Å². The Morgan fingerprint density at radius 2 is 2.33 bits per heavy atom. The Labute approximate surface area is 93.6 Å². The Morgan fingerprint density at radius 3 is 2.93 bits per heavy atom. The van der Waals surface area contributed by atoms with Gasteiger partial charge in [0.2, 0.25) is 11.7 Å². The number of carbonyl (C=O) groups excluding carboxylic acids is 1. The topological polar surface area (TPSA) is 69.1 Å². The second kappa shape index (κ2) is 3.98. The molecule has 2 aromatic rings. The van der Waals surface area contributed by atoms with Gasteiger partial charge in [0.05, 0.1) is 6.42 Å². The number of rotatable bonds is 3. The minimum absolute atomic E-state index is 0.0224. The number of aromatic nitrogens is 2. The van der Waals surface area contributed by atoms with Crippen molar-refractivity contribution in [1.82, 2.24) is 10.1 Å². The maximum absolute atomic E-state index is 10.8. The SMILES string of the molecule is CC(=O)Cc1nc(-c2ccc(Br)o2)no1. The van der Waals surface area contributed by atoms with Crippen molar-refractivity contribution >= 4 is 21.7 Å². The summed E-state index contributed by atoms with van der Waals surface area (Å²) in [6, 6.07) is 3.45. The van der Waals surface area contributed by atoms with Gasteiger partial charge in [0.1, 0.15) is 5.78 Å². The second-order valence-corrected chi connectivity index (χ2v) is 3.78. The molecule has 2 aromatic heterocycles. The summed E-state index contributed by atoms with van der Waals surface area (Å²) in [5.41, 5.74) is 0. The first kappa shape index (κ1) is 10.1. The molecule has 0 aliphatic heterocycles. The van der Waals surface area contributed by atoms with Gasteiger partial charge in [-0.3, -0.25) is 4.79 Å². The van der Waals surface area contributed by atoms with E-state index in [0.717, 1.165) is 0 Å². The van der Waals surface area contributed by atoms with Gasteiger partial charge in [0.15, 0.2) is 10.4 Å². The smallest absolute Gasteiger partial charge is 0.238 e. The van der Waals surface area contributed by atoms with Gasteiger partial charge in [-0.05, 0) is 35.0 Å². The van der Waals surface area contributed by atoms with Gasteiger partial charge in [-0.25, -0.2) is 0 Å². The fraction of sp³-hybridized carbons (Fsp3) is 0.222. The largest absolute Gasteiger partial charge is 0.446 e. The van der Waals surface area contributed by atoms with Crippen LogP contribution in [-0.4, -0.2) is 15.9 Å². The van der Waals surface area contributed by atoms with E-state index in [1.807, 2.05) is 0 Å². The molecule has 6 heteroatoms. The van der Waals surface area contributed by atoms with Crippen molar-refractivity contribution in [3.8, 4) is 11.6 Å². The Morgan fingerprint density at radius 1 is 1.53 bits per heavy atom. The zero-order valence-corrected chi connectivity index (χ0v) is 9.44. The predicted octanol–water partition coefficient (Wildman–Crippen LogP) is 2.22. The molecule has 0 atom stereocenters. The predicted molar refractivity (Wildman–Crippen MR) is 54.1 cm³/mol. The van der Waals surface area contributed by atoms with E-state index in [0.29, 0.717) is 22.1 Å². The number of ketones is 1. The van der Waals surface area contributed by atoms with Gasteiger partial charge in [-0.1, -0.05) is 5.16 Å². The van der Waals surface area contributed by atoms with Crippen LogP contribution >= 0.6 is 15.9 Å². The Hall–Kier alpha value is -1.43. The van der Waals surface area contributed by atoms with Crippen LogP contribution in [0.5, 0.6) is 0 Å². The molecule has 2 heterocycles. The van der Waals surface area contributed by atoms with Crippen molar-refractivity contribution in [2.24, 2.45) is 0 Å². The third kappa shape index (κ3) is 2.33. The molecule has 15 heavy (non-hydrogen) atoms. The molecule has 0 aliphatic rings. The summed E-state index contributed by atoms with van der Waals surface area (Å²) in [4.78, 5) is 14.8. The highest BCUT2D eigenvalue weighted by Crippen LogP contribution is 2.22. The number of hydrogen-bond donors (Lipinski definition) is 0. The molecule has 0 spiro atoms. The Bertz CT molecular complexity index is 489. The molecule has 0 fully saturated rings. The zero-order valence-electron chi connectivity index (χ0n) is 7.86. The van der Waals surface area contributed by atoms with Gasteiger partial charge < -0.3 is 8.94 Å². The van der Waals surface area contributed by atoms with Gasteiger partial charge in [0, 0.05) is 0 Å². The molecule has 78 valence electrons. The van der Waals surface area contributed by atoms with Crippen molar-refractivity contribution < 1.29 is 13.7 Å². The summed E-state index contributed by atoms with van der Waals surface area (Å²) >= 11 is 3.17. The Balaban J connectivity index is 2.23. The number of Topliss-reactive ketones (excluding diaryl/α,β-unsaturated/α-hetero) is 1. The third-order valence-electron chi connectivity index (χ3n) is 1.66. The van der Waals surface area contributed by atoms with E-state index < -0.39 is 0 Å². The van der Waals surface area contributed by atoms with Crippen LogP contribution in [0.1, 0.15) is 12.8 Å². The lowest BCUT2D eigenvalue weighted by molar-refractivity contribution is -0.116. The molecule has 0 saturated heterocycles. The first-order valence-electron chi connectivity index (χ1n) is 4.23. The van der Waals surface area contributed by atoms with Crippen LogP contribution < -0.4 is 0 Å². The van der Waals surface area contributed by atoms with Crippen LogP contribution in [0.4, 0.5) is 0 Å². The van der Waals surface area contributed by atoms with Crippen LogP contribution in [0.3, 0.4) is 0 Å². The number of hydrogen-bond acceptors (Lipinski definition) is 5. The van der Waals surface area contributed by atoms with E-state index >= 15 is 0 Å². The van der Waals surface area contributed by atoms with Gasteiger partial charge in [-0.2, -0.15) is 4.98 Å². The summed E-state index contributed by atoms with van der Waals surface area (Å²) < 4.78 is 10.7. The van der Waals surface area contributed by atoms with Gasteiger partial charge in [0.25, 0.3) is 0 Å². The first-order chi connectivity index (χ1) is 7.15. The lowest BCUT2D eigenvalue weighted by atomic mass is 10.3. The summed E-state index contributed by atoms with van der Waals surface area (Å²) in [7, 11) is 0. The van der Waals surface area contributed by atoms with E-state index in [1.165, 1.54) is 6.92 Å². The van der Waals surface area contributed by atoms with Crippen LogP contribution in [0.2, 0.25) is 0 Å². The van der Waals surface area contributed by atoms with E-state index in [1.54, 1.807) is 12.1 Å². The normalized spacial score (nSPS) is 10.5. The number of furan rings is 1. The van der Waals surface area contributed by atoms with Crippen molar-refractivity contribution in [3.05, 3.63) is 22.7 Å². The van der Waals surface area contributed by atoms with E-state index in [4.69, 9.17) is 8.94 Å². The Kier molecular flexibility index (Phi) is 2.68. The molecule has 0 aliphatic carbocycles. The van der Waals surface area contributed by atoms with Crippen LogP contribution in [0.25, 0.3) is 11.6 Å². The maximum Gasteiger partial charge on any atom is 0.238 e. The highest BCUT2D eigenvalue weighted by Gasteiger charge is 2.12. The molecule has 2 rings (SSSR count). The molecule has 5 nitrogen and oxygen atoms in total. The van der Waals surface area contributed by atoms with Gasteiger partial charge in [-0.15, -0.1) is 0 Å². The minimum Gasteiger partial charge on any atom is -0.446 e. The number of nitrogens with zero attached hydrogens (tertiary/aromatic N) is 2. The summed E-state index contributed by atoms with van der Waals surface area (Å²) in [5.74, 6) is 1.12. The quantitative estimate of drug-likeness (QED) is 0.856.